The van der Waals surface area contributed by atoms with E-state index in [1.807, 2.05) is 0 Å². The molecule has 11 heavy (non-hydrogen) atoms. The normalized spacial score (nSPS) is 10.3. The Kier molecular flexibility index (Phi) is 2.97. The Morgan fingerprint density at radius 3 is 2.27 bits per heavy atom. The van der Waals surface area contributed by atoms with Crippen molar-refractivity contribution in [2.24, 2.45) is 0 Å². The maximum atomic E-state index is 10.4. The van der Waals surface area contributed by atoms with Gasteiger partial charge in [0.05, 0.1) is 0 Å². The first-order chi connectivity index (χ1) is 4.88. The molecule has 6 heteroatoms. The molecule has 1 amide bonds. The van der Waals surface area contributed by atoms with E-state index < -0.39 is 21.1 Å². The molecule has 0 radical (unpaired) electrons. The van der Waals surface area contributed by atoms with Crippen LogP contribution in [-0.4, -0.2) is 18.9 Å². The number of nitrogens with one attached hydrogen (secondary N) is 1. The lowest BCUT2D eigenvalue weighted by molar-refractivity contribution is -0.115. The smallest absolute Gasteiger partial charge is 0.309 e. The van der Waals surface area contributed by atoms with Crippen LogP contribution >= 0.6 is 0 Å². The van der Waals surface area contributed by atoms with Crippen molar-refractivity contribution in [1.29, 1.82) is 0 Å². The van der Waals surface area contributed by atoms with Crippen molar-refractivity contribution in [3.05, 3.63) is 24.3 Å². The molecular formula is C5H7NO4S. The first-order valence-electron chi connectivity index (χ1n) is 2.47. The van der Waals surface area contributed by atoms with Crippen LogP contribution in [0.15, 0.2) is 24.3 Å². The van der Waals surface area contributed by atoms with Gasteiger partial charge in [-0.1, -0.05) is 13.2 Å². The van der Waals surface area contributed by atoms with Gasteiger partial charge in [0.25, 0.3) is 0 Å². The predicted molar refractivity (Wildman–Crippen MR) is 39.0 cm³/mol. The van der Waals surface area contributed by atoms with Gasteiger partial charge in [-0.15, -0.1) is 0 Å². The summed E-state index contributed by atoms with van der Waals surface area (Å²) in [6.45, 7) is 5.96. The second-order valence-electron chi connectivity index (χ2n) is 1.59. The van der Waals surface area contributed by atoms with Gasteiger partial charge in [0, 0.05) is 0 Å². The molecule has 0 rings (SSSR count). The first-order valence-corrected chi connectivity index (χ1v) is 3.91. The lowest BCUT2D eigenvalue weighted by Gasteiger charge is -2.00. The van der Waals surface area contributed by atoms with Gasteiger partial charge in [0.2, 0.25) is 5.91 Å². The third-order valence-electron chi connectivity index (χ3n) is 0.759. The SMILES string of the molecule is C=CC(=O)NC(=C)S(=O)(=O)O. The van der Waals surface area contributed by atoms with Crippen LogP contribution in [0.25, 0.3) is 0 Å². The molecule has 0 unspecified atom stereocenters. The van der Waals surface area contributed by atoms with Gasteiger partial charge in [0.15, 0.2) is 5.03 Å². The molecule has 0 aliphatic carbocycles. The van der Waals surface area contributed by atoms with Crippen molar-refractivity contribution >= 4 is 16.0 Å². The summed E-state index contributed by atoms with van der Waals surface area (Å²) in [5.74, 6) is -0.743. The zero-order valence-electron chi connectivity index (χ0n) is 5.57. The van der Waals surface area contributed by atoms with E-state index in [2.05, 4.69) is 13.2 Å². The number of hydrogen-bond donors (Lipinski definition) is 2. The summed E-state index contributed by atoms with van der Waals surface area (Å²) in [7, 11) is -4.38. The average Bonchev–Trinajstić information content (AvgIpc) is 1.85. The Balaban J connectivity index is 4.34. The molecule has 0 fully saturated rings. The zero-order chi connectivity index (χ0) is 9.07. The van der Waals surface area contributed by atoms with Crippen LogP contribution in [0.5, 0.6) is 0 Å². The van der Waals surface area contributed by atoms with Gasteiger partial charge < -0.3 is 5.32 Å². The highest BCUT2D eigenvalue weighted by Crippen LogP contribution is 1.94. The molecule has 2 N–H and O–H groups in total. The van der Waals surface area contributed by atoms with E-state index >= 15 is 0 Å². The molecule has 0 saturated heterocycles. The highest BCUT2D eigenvalue weighted by atomic mass is 32.2. The fourth-order valence-electron chi connectivity index (χ4n) is 0.253. The summed E-state index contributed by atoms with van der Waals surface area (Å²) in [5.41, 5.74) is 0. The molecule has 0 aromatic rings. The molecule has 0 heterocycles. The first kappa shape index (κ1) is 9.86. The lowest BCUT2D eigenvalue weighted by Crippen LogP contribution is -2.24. The molecule has 5 nitrogen and oxygen atoms in total. The highest BCUT2D eigenvalue weighted by Gasteiger charge is 2.11. The van der Waals surface area contributed by atoms with Crippen molar-refractivity contribution < 1.29 is 17.8 Å². The van der Waals surface area contributed by atoms with Gasteiger partial charge in [-0.25, -0.2) is 0 Å². The average molecular weight is 177 g/mol. The maximum absolute atomic E-state index is 10.4. The van der Waals surface area contributed by atoms with Gasteiger partial charge >= 0.3 is 10.1 Å². The summed E-state index contributed by atoms with van der Waals surface area (Å²) in [4.78, 5) is 10.4. The van der Waals surface area contributed by atoms with Crippen LogP contribution in [-0.2, 0) is 14.9 Å². The van der Waals surface area contributed by atoms with Crippen molar-refractivity contribution in [2.45, 2.75) is 0 Å². The highest BCUT2D eigenvalue weighted by molar-refractivity contribution is 7.89. The van der Waals surface area contributed by atoms with E-state index in [1.165, 1.54) is 0 Å². The van der Waals surface area contributed by atoms with Crippen LogP contribution in [0.2, 0.25) is 0 Å². The van der Waals surface area contributed by atoms with Crippen LogP contribution in [0.4, 0.5) is 0 Å². The predicted octanol–water partition coefficient (Wildman–Crippen LogP) is -0.352. The summed E-state index contributed by atoms with van der Waals surface area (Å²) >= 11 is 0. The number of carbonyl (C=O) groups is 1. The number of rotatable bonds is 3. The third-order valence-corrected chi connectivity index (χ3v) is 1.48. The molecule has 62 valence electrons. The maximum Gasteiger partial charge on any atom is 0.309 e. The Hall–Kier alpha value is -1.14. The number of carbonyl (C=O) groups excluding carboxylic acids is 1. The van der Waals surface area contributed by atoms with Gasteiger partial charge in [-0.05, 0) is 6.08 Å². The van der Waals surface area contributed by atoms with Crippen molar-refractivity contribution in [3.8, 4) is 0 Å². The monoisotopic (exact) mass is 177 g/mol. The quantitative estimate of drug-likeness (QED) is 0.455. The summed E-state index contributed by atoms with van der Waals surface area (Å²) in [6.07, 6.45) is 0.857. The van der Waals surface area contributed by atoms with E-state index in [0.717, 1.165) is 6.08 Å². The van der Waals surface area contributed by atoms with E-state index in [9.17, 15) is 13.2 Å². The van der Waals surface area contributed by atoms with Gasteiger partial charge in [-0.2, -0.15) is 8.42 Å². The van der Waals surface area contributed by atoms with Gasteiger partial charge in [0.1, 0.15) is 0 Å². The fourth-order valence-corrected chi connectivity index (χ4v) is 0.483. The summed E-state index contributed by atoms with van der Waals surface area (Å²) in [5, 5.41) is 1.02. The second kappa shape index (κ2) is 3.31. The number of amides is 1. The molecule has 0 aromatic carbocycles. The molecule has 0 aromatic heterocycles. The molecular weight excluding hydrogens is 170 g/mol. The summed E-state index contributed by atoms with van der Waals surface area (Å²) in [6, 6.07) is 0. The van der Waals surface area contributed by atoms with E-state index in [4.69, 9.17) is 4.55 Å². The van der Waals surface area contributed by atoms with Crippen LogP contribution < -0.4 is 5.32 Å². The van der Waals surface area contributed by atoms with Crippen LogP contribution in [0.1, 0.15) is 0 Å². The van der Waals surface area contributed by atoms with Crippen LogP contribution in [0.3, 0.4) is 0 Å². The minimum atomic E-state index is -4.38. The standard InChI is InChI=1S/C5H7NO4S/c1-3-5(7)6-4(2)11(8,9)10/h3H,1-2H2,(H,6,7)(H,8,9,10). The molecule has 0 spiro atoms. The van der Waals surface area contributed by atoms with E-state index in [1.54, 1.807) is 5.32 Å². The fraction of sp³-hybridized carbons (Fsp3) is 0. The lowest BCUT2D eigenvalue weighted by atomic mass is 10.6. The Bertz CT molecular complexity index is 290. The second-order valence-corrected chi connectivity index (χ2v) is 3.03. The Morgan fingerprint density at radius 2 is 2.00 bits per heavy atom. The topological polar surface area (TPSA) is 83.5 Å². The van der Waals surface area contributed by atoms with E-state index in [0.29, 0.717) is 0 Å². The van der Waals surface area contributed by atoms with Crippen LogP contribution in [0, 0.1) is 0 Å². The molecule has 0 bridgehead atoms. The third kappa shape index (κ3) is 3.54. The molecule has 0 atom stereocenters. The molecule has 0 aliphatic rings. The minimum absolute atomic E-state index is 0.743. The van der Waals surface area contributed by atoms with Crippen molar-refractivity contribution in [1.82, 2.24) is 5.32 Å². The summed E-state index contributed by atoms with van der Waals surface area (Å²) < 4.78 is 28.6. The Labute approximate surface area is 64.2 Å². The van der Waals surface area contributed by atoms with Crippen molar-refractivity contribution in [3.63, 3.8) is 0 Å². The largest absolute Gasteiger partial charge is 0.312 e. The molecule has 0 saturated carbocycles. The molecule has 0 aliphatic heterocycles. The number of hydrogen-bond acceptors (Lipinski definition) is 3. The van der Waals surface area contributed by atoms with Crippen molar-refractivity contribution in [2.75, 3.05) is 0 Å². The van der Waals surface area contributed by atoms with E-state index in [-0.39, 0.29) is 0 Å². The minimum Gasteiger partial charge on any atom is -0.312 e. The zero-order valence-corrected chi connectivity index (χ0v) is 6.39. The Morgan fingerprint density at radius 1 is 1.55 bits per heavy atom. The van der Waals surface area contributed by atoms with Gasteiger partial charge in [-0.3, -0.25) is 9.35 Å².